The topological polar surface area (TPSA) is 85.0 Å². The van der Waals surface area contributed by atoms with Crippen LogP contribution in [0, 0.1) is 0 Å². The summed E-state index contributed by atoms with van der Waals surface area (Å²) in [5, 5.41) is 9.90. The third-order valence-electron chi connectivity index (χ3n) is 7.13. The van der Waals surface area contributed by atoms with E-state index in [2.05, 4.69) is 11.8 Å². The minimum Gasteiger partial charge on any atom is -0.484 e. The van der Waals surface area contributed by atoms with Crippen LogP contribution in [0.5, 0.6) is 11.5 Å². The van der Waals surface area contributed by atoms with Crippen LogP contribution in [0.15, 0.2) is 6.07 Å². The maximum atomic E-state index is 11.6. The predicted molar refractivity (Wildman–Crippen MR) is 134 cm³/mol. The summed E-state index contributed by atoms with van der Waals surface area (Å²) in [6.07, 6.45) is 14.2. The number of nitrogens with zero attached hydrogens (tertiary/aromatic N) is 1. The van der Waals surface area contributed by atoms with Gasteiger partial charge < -0.3 is 25.2 Å². The van der Waals surface area contributed by atoms with Crippen molar-refractivity contribution in [1.82, 2.24) is 4.90 Å². The van der Waals surface area contributed by atoms with Gasteiger partial charge in [0.15, 0.2) is 11.5 Å². The zero-order chi connectivity index (χ0) is 23.8. The fraction of sp³-hybridized carbons (Fsp3) is 0.731. The molecule has 1 atom stereocenters. The van der Waals surface area contributed by atoms with Gasteiger partial charge in [-0.25, -0.2) is 4.79 Å². The zero-order valence-electron chi connectivity index (χ0n) is 20.3. The quantitative estimate of drug-likeness (QED) is 0.272. The van der Waals surface area contributed by atoms with Crippen LogP contribution in [0.4, 0.5) is 5.69 Å². The summed E-state index contributed by atoms with van der Waals surface area (Å²) in [4.78, 5) is 14.2. The lowest BCUT2D eigenvalue weighted by Gasteiger charge is -2.37. The molecule has 3 rings (SSSR count). The molecule has 1 saturated heterocycles. The van der Waals surface area contributed by atoms with Crippen LogP contribution >= 0.6 is 11.6 Å². The molecular weight excluding hydrogens is 440 g/mol. The number of benzene rings is 1. The molecule has 1 aromatic rings. The predicted octanol–water partition coefficient (Wildman–Crippen LogP) is 6.25. The van der Waals surface area contributed by atoms with Crippen LogP contribution in [0.1, 0.15) is 96.0 Å². The molecule has 1 fully saturated rings. The molecule has 2 aliphatic rings. The summed E-state index contributed by atoms with van der Waals surface area (Å²) in [6, 6.07) is 1.88. The van der Waals surface area contributed by atoms with Gasteiger partial charge in [-0.3, -0.25) is 0 Å². The second kappa shape index (κ2) is 12.2. The van der Waals surface area contributed by atoms with E-state index in [1.54, 1.807) is 0 Å². The maximum absolute atomic E-state index is 11.6. The van der Waals surface area contributed by atoms with Gasteiger partial charge in [0.1, 0.15) is 6.61 Å². The lowest BCUT2D eigenvalue weighted by Crippen LogP contribution is -2.49. The first kappa shape index (κ1) is 26.0. The number of ether oxygens (including phenoxy) is 2. The lowest BCUT2D eigenvalue weighted by atomic mass is 9.87. The summed E-state index contributed by atoms with van der Waals surface area (Å²) < 4.78 is 11.7. The summed E-state index contributed by atoms with van der Waals surface area (Å²) in [5.74, 6) is 0.0478. The normalized spacial score (nSPS) is 21.3. The number of anilines is 1. The fourth-order valence-corrected chi connectivity index (χ4v) is 5.08. The van der Waals surface area contributed by atoms with Crippen molar-refractivity contribution in [3.63, 3.8) is 0 Å². The molecule has 2 heterocycles. The Hall–Kier alpha value is -1.66. The Morgan fingerprint density at radius 2 is 1.73 bits per heavy atom. The highest BCUT2D eigenvalue weighted by Crippen LogP contribution is 2.49. The third kappa shape index (κ3) is 6.69. The summed E-state index contributed by atoms with van der Waals surface area (Å²) in [5.41, 5.74) is 5.88. The SMILES string of the molecule is CCCCCCCCCCCN1CCC(c2cc(Cl)c(N)c3c2OCC(C)(C(=O)O)O3)CC1. The third-order valence-corrected chi connectivity index (χ3v) is 7.44. The van der Waals surface area contributed by atoms with E-state index in [4.69, 9.17) is 26.8 Å². The highest BCUT2D eigenvalue weighted by Gasteiger charge is 2.43. The molecule has 3 N–H and O–H groups in total. The number of unbranched alkanes of at least 4 members (excludes halogenated alkanes) is 8. The fourth-order valence-electron chi connectivity index (χ4n) is 4.88. The Labute approximate surface area is 203 Å². The van der Waals surface area contributed by atoms with E-state index in [0.29, 0.717) is 16.7 Å². The molecule has 33 heavy (non-hydrogen) atoms. The van der Waals surface area contributed by atoms with E-state index in [0.717, 1.165) is 31.5 Å². The number of piperidine rings is 1. The Morgan fingerprint density at radius 1 is 1.12 bits per heavy atom. The van der Waals surface area contributed by atoms with Crippen molar-refractivity contribution < 1.29 is 19.4 Å². The largest absolute Gasteiger partial charge is 0.484 e. The van der Waals surface area contributed by atoms with E-state index in [9.17, 15) is 9.90 Å². The number of fused-ring (bicyclic) bond motifs is 1. The summed E-state index contributed by atoms with van der Waals surface area (Å²) in [7, 11) is 0. The van der Waals surface area contributed by atoms with E-state index < -0.39 is 11.6 Å². The number of aliphatic carboxylic acids is 1. The van der Waals surface area contributed by atoms with Gasteiger partial charge in [0.05, 0.1) is 10.7 Å². The smallest absolute Gasteiger partial charge is 0.351 e. The number of hydrogen-bond donors (Lipinski definition) is 2. The Bertz CT molecular complexity index is 795. The van der Waals surface area contributed by atoms with Crippen LogP contribution in [-0.4, -0.2) is 47.8 Å². The molecule has 0 bridgehead atoms. The van der Waals surface area contributed by atoms with Crippen molar-refractivity contribution in [1.29, 1.82) is 0 Å². The highest BCUT2D eigenvalue weighted by atomic mass is 35.5. The number of carboxylic acids is 1. The number of nitrogen functional groups attached to an aromatic ring is 1. The lowest BCUT2D eigenvalue weighted by molar-refractivity contribution is -0.158. The van der Waals surface area contributed by atoms with E-state index in [1.807, 2.05) is 6.07 Å². The van der Waals surface area contributed by atoms with Crippen LogP contribution in [0.2, 0.25) is 5.02 Å². The number of halogens is 1. The molecule has 2 aliphatic heterocycles. The molecule has 6 nitrogen and oxygen atoms in total. The molecule has 0 amide bonds. The van der Waals surface area contributed by atoms with Crippen molar-refractivity contribution in [3.05, 3.63) is 16.7 Å². The van der Waals surface area contributed by atoms with E-state index in [1.165, 1.54) is 71.3 Å². The highest BCUT2D eigenvalue weighted by molar-refractivity contribution is 6.33. The van der Waals surface area contributed by atoms with E-state index >= 15 is 0 Å². The van der Waals surface area contributed by atoms with Crippen molar-refractivity contribution in [2.75, 3.05) is 32.0 Å². The second-order valence-electron chi connectivity index (χ2n) is 9.89. The van der Waals surface area contributed by atoms with Crippen molar-refractivity contribution >= 4 is 23.3 Å². The number of hydrogen-bond acceptors (Lipinski definition) is 5. The van der Waals surface area contributed by atoms with Crippen molar-refractivity contribution in [2.45, 2.75) is 96.0 Å². The number of carboxylic acid groups (broad SMARTS) is 1. The van der Waals surface area contributed by atoms with Gasteiger partial charge in [-0.15, -0.1) is 0 Å². The standard InChI is InChI=1S/C26H41ClN2O4/c1-3-4-5-6-7-8-9-10-11-14-29-15-12-19(13-16-29)20-17-21(27)22(28)24-23(20)32-18-26(2,33-24)25(30)31/h17,19H,3-16,18,28H2,1-2H3,(H,30,31). The Kier molecular flexibility index (Phi) is 9.57. The number of nitrogens with two attached hydrogens (primary N) is 1. The first-order valence-corrected chi connectivity index (χ1v) is 13.1. The number of likely N-dealkylation sites (tertiary alicyclic amines) is 1. The van der Waals surface area contributed by atoms with E-state index in [-0.39, 0.29) is 18.0 Å². The van der Waals surface area contributed by atoms with Gasteiger partial charge in [-0.05, 0) is 57.8 Å². The molecule has 1 aromatic carbocycles. The van der Waals surface area contributed by atoms with Crippen LogP contribution in [-0.2, 0) is 4.79 Å². The molecule has 0 aromatic heterocycles. The average Bonchev–Trinajstić information content (AvgIpc) is 2.81. The molecule has 0 radical (unpaired) electrons. The van der Waals surface area contributed by atoms with Gasteiger partial charge in [0, 0.05) is 5.56 Å². The van der Waals surface area contributed by atoms with Crippen molar-refractivity contribution in [3.8, 4) is 11.5 Å². The number of carbonyl (C=O) groups is 1. The Balaban J connectivity index is 1.47. The van der Waals surface area contributed by atoms with Crippen LogP contribution < -0.4 is 15.2 Å². The summed E-state index contributed by atoms with van der Waals surface area (Å²) >= 11 is 6.40. The molecule has 0 aliphatic carbocycles. The molecule has 186 valence electrons. The van der Waals surface area contributed by atoms with Crippen LogP contribution in [0.3, 0.4) is 0 Å². The summed E-state index contributed by atoms with van der Waals surface area (Å²) in [6.45, 7) is 6.96. The maximum Gasteiger partial charge on any atom is 0.351 e. The van der Waals surface area contributed by atoms with Gasteiger partial charge in [-0.1, -0.05) is 69.9 Å². The molecule has 1 unspecified atom stereocenters. The molecular formula is C26H41ClN2O4. The monoisotopic (exact) mass is 480 g/mol. The minimum absolute atomic E-state index is 0.0547. The van der Waals surface area contributed by atoms with Gasteiger partial charge in [0.2, 0.25) is 5.60 Å². The Morgan fingerprint density at radius 3 is 2.33 bits per heavy atom. The molecule has 7 heteroatoms. The molecule has 0 spiro atoms. The number of rotatable bonds is 12. The van der Waals surface area contributed by atoms with Crippen molar-refractivity contribution in [2.24, 2.45) is 0 Å². The van der Waals surface area contributed by atoms with Gasteiger partial charge >= 0.3 is 5.97 Å². The van der Waals surface area contributed by atoms with Gasteiger partial charge in [0.25, 0.3) is 0 Å². The minimum atomic E-state index is -1.47. The second-order valence-corrected chi connectivity index (χ2v) is 10.3. The van der Waals surface area contributed by atoms with Gasteiger partial charge in [-0.2, -0.15) is 0 Å². The average molecular weight is 481 g/mol. The first-order chi connectivity index (χ1) is 15.9. The molecule has 0 saturated carbocycles. The van der Waals surface area contributed by atoms with Crippen LogP contribution in [0.25, 0.3) is 0 Å². The zero-order valence-corrected chi connectivity index (χ0v) is 21.1. The first-order valence-electron chi connectivity index (χ1n) is 12.7.